The number of nitrogens with two attached hydrogens (primary N) is 1. The SMILES string of the molecule is CCOc1nc(NN)nc(OC2CCC(C)(C)CC2)n1. The molecule has 0 aliphatic heterocycles. The van der Waals surface area contributed by atoms with E-state index in [4.69, 9.17) is 15.3 Å². The standard InChI is InChI=1S/C13H23N5O2/c1-4-19-11-15-10(18-14)16-12(17-11)20-9-5-7-13(2,3)8-6-9/h9H,4-8,14H2,1-3H3,(H,15,16,17,18). The molecule has 0 aromatic carbocycles. The highest BCUT2D eigenvalue weighted by Crippen LogP contribution is 2.36. The van der Waals surface area contributed by atoms with E-state index >= 15 is 0 Å². The molecule has 1 heterocycles. The summed E-state index contributed by atoms with van der Waals surface area (Å²) in [6, 6.07) is 0.489. The summed E-state index contributed by atoms with van der Waals surface area (Å²) < 4.78 is 11.1. The lowest BCUT2D eigenvalue weighted by Crippen LogP contribution is -2.29. The first kappa shape index (κ1) is 14.8. The van der Waals surface area contributed by atoms with Crippen LogP contribution in [0.2, 0.25) is 0 Å². The maximum absolute atomic E-state index is 5.84. The van der Waals surface area contributed by atoms with Gasteiger partial charge in [0.05, 0.1) is 6.61 Å². The van der Waals surface area contributed by atoms with Crippen molar-refractivity contribution in [2.45, 2.75) is 52.6 Å². The molecule has 1 aromatic heterocycles. The molecule has 1 fully saturated rings. The van der Waals surface area contributed by atoms with E-state index in [1.807, 2.05) is 6.92 Å². The van der Waals surface area contributed by atoms with Gasteiger partial charge in [-0.2, -0.15) is 9.97 Å². The molecule has 0 unspecified atom stereocenters. The number of nitrogens with one attached hydrogen (secondary N) is 1. The number of rotatable bonds is 5. The van der Waals surface area contributed by atoms with Gasteiger partial charge >= 0.3 is 12.0 Å². The molecule has 3 N–H and O–H groups in total. The number of nitrogen functional groups attached to an aromatic ring is 1. The molecule has 1 saturated carbocycles. The summed E-state index contributed by atoms with van der Waals surface area (Å²) in [5, 5.41) is 0. The Hall–Kier alpha value is -1.63. The predicted octanol–water partition coefficient (Wildman–Crippen LogP) is 1.90. The zero-order valence-electron chi connectivity index (χ0n) is 12.3. The van der Waals surface area contributed by atoms with Crippen molar-refractivity contribution in [3.63, 3.8) is 0 Å². The highest BCUT2D eigenvalue weighted by atomic mass is 16.5. The Morgan fingerprint density at radius 1 is 1.20 bits per heavy atom. The topological polar surface area (TPSA) is 95.2 Å². The average molecular weight is 281 g/mol. The van der Waals surface area contributed by atoms with Crippen molar-refractivity contribution in [2.75, 3.05) is 12.0 Å². The first-order valence-corrected chi connectivity index (χ1v) is 7.04. The Labute approximate surface area is 119 Å². The smallest absolute Gasteiger partial charge is 0.324 e. The quantitative estimate of drug-likeness (QED) is 0.628. The van der Waals surface area contributed by atoms with Gasteiger partial charge in [-0.3, -0.25) is 5.43 Å². The van der Waals surface area contributed by atoms with E-state index in [0.717, 1.165) is 25.7 Å². The van der Waals surface area contributed by atoms with Crippen LogP contribution in [0, 0.1) is 5.41 Å². The minimum absolute atomic E-state index is 0.144. The molecule has 0 amide bonds. The van der Waals surface area contributed by atoms with Crippen molar-refractivity contribution in [3.05, 3.63) is 0 Å². The third-order valence-corrected chi connectivity index (χ3v) is 3.56. The van der Waals surface area contributed by atoms with Crippen LogP contribution in [0.4, 0.5) is 5.95 Å². The molecule has 1 aliphatic carbocycles. The van der Waals surface area contributed by atoms with Crippen molar-refractivity contribution >= 4 is 5.95 Å². The van der Waals surface area contributed by atoms with Gasteiger partial charge in [0.15, 0.2) is 0 Å². The summed E-state index contributed by atoms with van der Waals surface area (Å²) in [4.78, 5) is 12.2. The lowest BCUT2D eigenvalue weighted by Gasteiger charge is -2.33. The summed E-state index contributed by atoms with van der Waals surface area (Å²) in [5.74, 6) is 5.58. The number of hydrogen-bond acceptors (Lipinski definition) is 7. The van der Waals surface area contributed by atoms with Crippen molar-refractivity contribution in [1.82, 2.24) is 15.0 Å². The Balaban J connectivity index is 2.03. The highest BCUT2D eigenvalue weighted by molar-refractivity contribution is 5.25. The van der Waals surface area contributed by atoms with Gasteiger partial charge in [-0.25, -0.2) is 5.84 Å². The highest BCUT2D eigenvalue weighted by Gasteiger charge is 2.28. The maximum Gasteiger partial charge on any atom is 0.324 e. The van der Waals surface area contributed by atoms with Crippen LogP contribution in [0.3, 0.4) is 0 Å². The van der Waals surface area contributed by atoms with Crippen molar-refractivity contribution in [2.24, 2.45) is 11.3 Å². The lowest BCUT2D eigenvalue weighted by atomic mass is 9.76. The Morgan fingerprint density at radius 2 is 1.85 bits per heavy atom. The number of hydrogen-bond donors (Lipinski definition) is 2. The minimum Gasteiger partial charge on any atom is -0.464 e. The second-order valence-electron chi connectivity index (χ2n) is 5.78. The van der Waals surface area contributed by atoms with E-state index in [1.54, 1.807) is 0 Å². The number of hydrazine groups is 1. The fourth-order valence-corrected chi connectivity index (χ4v) is 2.29. The molecule has 1 aliphatic rings. The summed E-state index contributed by atoms with van der Waals surface area (Å²) >= 11 is 0. The summed E-state index contributed by atoms with van der Waals surface area (Å²) in [5.41, 5.74) is 2.80. The van der Waals surface area contributed by atoms with Gasteiger partial charge < -0.3 is 9.47 Å². The maximum atomic E-state index is 5.84. The molecular formula is C13H23N5O2. The first-order valence-electron chi connectivity index (χ1n) is 7.04. The third-order valence-electron chi connectivity index (χ3n) is 3.56. The first-order chi connectivity index (χ1) is 9.52. The van der Waals surface area contributed by atoms with Crippen molar-refractivity contribution in [3.8, 4) is 12.0 Å². The van der Waals surface area contributed by atoms with E-state index in [2.05, 4.69) is 34.2 Å². The van der Waals surface area contributed by atoms with Crippen molar-refractivity contribution < 1.29 is 9.47 Å². The van der Waals surface area contributed by atoms with Gasteiger partial charge in [-0.05, 0) is 38.0 Å². The normalized spacial score (nSPS) is 18.6. The molecule has 2 rings (SSSR count). The summed E-state index contributed by atoms with van der Waals surface area (Å²) in [6.07, 6.45) is 4.44. The lowest BCUT2D eigenvalue weighted by molar-refractivity contribution is 0.0895. The molecule has 0 atom stereocenters. The second kappa shape index (κ2) is 6.21. The molecule has 0 saturated heterocycles. The van der Waals surface area contributed by atoms with E-state index in [-0.39, 0.29) is 24.1 Å². The molecule has 7 nitrogen and oxygen atoms in total. The van der Waals surface area contributed by atoms with Gasteiger partial charge in [0.1, 0.15) is 6.10 Å². The van der Waals surface area contributed by atoms with E-state index in [0.29, 0.717) is 12.0 Å². The van der Waals surface area contributed by atoms with E-state index < -0.39 is 0 Å². The van der Waals surface area contributed by atoms with Gasteiger partial charge in [0, 0.05) is 0 Å². The fourth-order valence-electron chi connectivity index (χ4n) is 2.29. The molecule has 1 aromatic rings. The van der Waals surface area contributed by atoms with Gasteiger partial charge in [-0.1, -0.05) is 13.8 Å². The Bertz CT molecular complexity index is 442. The van der Waals surface area contributed by atoms with Gasteiger partial charge in [-0.15, -0.1) is 4.98 Å². The number of anilines is 1. The van der Waals surface area contributed by atoms with Crippen LogP contribution in [0.1, 0.15) is 46.5 Å². The summed E-state index contributed by atoms with van der Waals surface area (Å²) in [6.45, 7) is 6.92. The van der Waals surface area contributed by atoms with Crippen molar-refractivity contribution in [1.29, 1.82) is 0 Å². The number of ether oxygens (including phenoxy) is 2. The summed E-state index contributed by atoms with van der Waals surface area (Å²) in [7, 11) is 0. The second-order valence-corrected chi connectivity index (χ2v) is 5.78. The molecular weight excluding hydrogens is 258 g/mol. The molecule has 0 bridgehead atoms. The predicted molar refractivity (Wildman–Crippen MR) is 75.5 cm³/mol. The minimum atomic E-state index is 0.144. The van der Waals surface area contributed by atoms with Gasteiger partial charge in [0.25, 0.3) is 0 Å². The molecule has 20 heavy (non-hydrogen) atoms. The number of nitrogens with zero attached hydrogens (tertiary/aromatic N) is 3. The van der Waals surface area contributed by atoms with Crippen LogP contribution >= 0.6 is 0 Å². The van der Waals surface area contributed by atoms with E-state index in [1.165, 1.54) is 0 Å². The van der Waals surface area contributed by atoms with Crippen LogP contribution in [0.5, 0.6) is 12.0 Å². The molecule has 0 radical (unpaired) electrons. The van der Waals surface area contributed by atoms with Gasteiger partial charge in [0.2, 0.25) is 5.95 Å². The number of aromatic nitrogens is 3. The van der Waals surface area contributed by atoms with E-state index in [9.17, 15) is 0 Å². The Kier molecular flexibility index (Phi) is 4.59. The fraction of sp³-hybridized carbons (Fsp3) is 0.769. The third kappa shape index (κ3) is 3.93. The Morgan fingerprint density at radius 3 is 2.45 bits per heavy atom. The molecule has 7 heteroatoms. The molecule has 112 valence electrons. The van der Waals surface area contributed by atoms with Crippen LogP contribution < -0.4 is 20.7 Å². The van der Waals surface area contributed by atoms with Crippen LogP contribution in [0.25, 0.3) is 0 Å². The average Bonchev–Trinajstić information content (AvgIpc) is 2.41. The molecule has 0 spiro atoms. The largest absolute Gasteiger partial charge is 0.464 e. The van der Waals surface area contributed by atoms with Crippen LogP contribution in [-0.4, -0.2) is 27.7 Å². The van der Waals surface area contributed by atoms with Crippen LogP contribution in [0.15, 0.2) is 0 Å². The van der Waals surface area contributed by atoms with Crippen LogP contribution in [-0.2, 0) is 0 Å². The monoisotopic (exact) mass is 281 g/mol. The zero-order valence-corrected chi connectivity index (χ0v) is 12.3. The zero-order chi connectivity index (χ0) is 14.6.